The molecule has 2 rings (SSSR count). The van der Waals surface area contributed by atoms with Gasteiger partial charge in [-0.1, -0.05) is 0 Å². The first-order valence-electron chi connectivity index (χ1n) is 4.14. The van der Waals surface area contributed by atoms with Crippen molar-refractivity contribution in [3.8, 4) is 17.5 Å². The van der Waals surface area contributed by atoms with Crippen LogP contribution in [0.15, 0.2) is 12.3 Å². The quantitative estimate of drug-likeness (QED) is 0.761. The Balaban J connectivity index is 2.53. The fourth-order valence-electron chi connectivity index (χ4n) is 1.13. The Hall–Kier alpha value is -1.69. The summed E-state index contributed by atoms with van der Waals surface area (Å²) in [4.78, 5) is 11.8. The lowest BCUT2D eigenvalue weighted by molar-refractivity contribution is 0.378. The lowest BCUT2D eigenvalue weighted by Gasteiger charge is -2.02. The summed E-state index contributed by atoms with van der Waals surface area (Å²) in [5.41, 5.74) is 0.748. The Morgan fingerprint density at radius 3 is 2.73 bits per heavy atom. The third-order valence-corrected chi connectivity index (χ3v) is 1.99. The molecule has 0 aliphatic rings. The topological polar surface area (TPSA) is 65.7 Å². The summed E-state index contributed by atoms with van der Waals surface area (Å²) in [7, 11) is 3.26. The maximum atomic E-state index is 5.73. The van der Waals surface area contributed by atoms with Crippen LogP contribution in [0.3, 0.4) is 0 Å². The Bertz CT molecular complexity index is 484. The van der Waals surface area contributed by atoms with Gasteiger partial charge in [0.2, 0.25) is 5.28 Å². The molecule has 0 atom stereocenters. The van der Waals surface area contributed by atoms with Gasteiger partial charge in [0.05, 0.1) is 7.11 Å². The lowest BCUT2D eigenvalue weighted by atomic mass is 10.4. The Kier molecular flexibility index (Phi) is 2.51. The molecule has 0 aliphatic carbocycles. The molecule has 0 bridgehead atoms. The van der Waals surface area contributed by atoms with E-state index in [1.165, 1.54) is 7.11 Å². The molecule has 7 heteroatoms. The van der Waals surface area contributed by atoms with Crippen LogP contribution in [0.4, 0.5) is 0 Å². The first-order chi connectivity index (χ1) is 7.20. The van der Waals surface area contributed by atoms with Crippen molar-refractivity contribution >= 4 is 11.6 Å². The van der Waals surface area contributed by atoms with Crippen molar-refractivity contribution in [2.24, 2.45) is 7.05 Å². The molecular formula is C8H8ClN5O. The predicted octanol–water partition coefficient (Wildman–Crippen LogP) is 0.934. The number of hydrogen-bond donors (Lipinski definition) is 0. The molecule has 78 valence electrons. The molecular weight excluding hydrogens is 218 g/mol. The molecule has 0 aromatic carbocycles. The second kappa shape index (κ2) is 3.82. The van der Waals surface area contributed by atoms with Crippen LogP contribution in [0.1, 0.15) is 0 Å². The summed E-state index contributed by atoms with van der Waals surface area (Å²) < 4.78 is 6.54. The summed E-state index contributed by atoms with van der Waals surface area (Å²) in [6.07, 6.45) is 1.65. The standard InChI is InChI=1S/C8H8ClN5O/c1-14-5(3-4-10-14)6-11-7(9)13-8(12-6)15-2/h3-4H,1-2H3. The summed E-state index contributed by atoms with van der Waals surface area (Å²) in [6.45, 7) is 0. The molecule has 2 heterocycles. The molecule has 2 aromatic rings. The van der Waals surface area contributed by atoms with Gasteiger partial charge >= 0.3 is 6.01 Å². The van der Waals surface area contributed by atoms with Gasteiger partial charge in [-0.15, -0.1) is 0 Å². The van der Waals surface area contributed by atoms with E-state index in [1.54, 1.807) is 24.0 Å². The zero-order valence-corrected chi connectivity index (χ0v) is 8.93. The van der Waals surface area contributed by atoms with Crippen LogP contribution in [0.5, 0.6) is 6.01 Å². The van der Waals surface area contributed by atoms with Crippen LogP contribution < -0.4 is 4.74 Å². The van der Waals surface area contributed by atoms with Crippen molar-refractivity contribution in [3.63, 3.8) is 0 Å². The number of rotatable bonds is 2. The normalized spacial score (nSPS) is 10.3. The Morgan fingerprint density at radius 1 is 1.33 bits per heavy atom. The van der Waals surface area contributed by atoms with Crippen molar-refractivity contribution in [2.75, 3.05) is 7.11 Å². The monoisotopic (exact) mass is 225 g/mol. The van der Waals surface area contributed by atoms with E-state index in [2.05, 4.69) is 20.1 Å². The highest BCUT2D eigenvalue weighted by Crippen LogP contribution is 2.17. The fourth-order valence-corrected chi connectivity index (χ4v) is 1.28. The van der Waals surface area contributed by atoms with Gasteiger partial charge in [-0.2, -0.15) is 20.1 Å². The maximum Gasteiger partial charge on any atom is 0.321 e. The number of ether oxygens (including phenoxy) is 1. The van der Waals surface area contributed by atoms with E-state index in [0.717, 1.165) is 5.69 Å². The average molecular weight is 226 g/mol. The van der Waals surface area contributed by atoms with Crippen molar-refractivity contribution in [1.82, 2.24) is 24.7 Å². The van der Waals surface area contributed by atoms with E-state index in [0.29, 0.717) is 5.82 Å². The average Bonchev–Trinajstić information content (AvgIpc) is 2.63. The molecule has 2 aromatic heterocycles. The number of aromatic nitrogens is 5. The van der Waals surface area contributed by atoms with E-state index in [1.807, 2.05) is 0 Å². The van der Waals surface area contributed by atoms with Crippen molar-refractivity contribution in [2.45, 2.75) is 0 Å². The van der Waals surface area contributed by atoms with Crippen LogP contribution in [0.2, 0.25) is 5.28 Å². The highest BCUT2D eigenvalue weighted by atomic mass is 35.5. The molecule has 0 radical (unpaired) electrons. The summed E-state index contributed by atoms with van der Waals surface area (Å²) in [5.74, 6) is 0.437. The summed E-state index contributed by atoms with van der Waals surface area (Å²) >= 11 is 5.73. The zero-order chi connectivity index (χ0) is 10.8. The molecule has 0 unspecified atom stereocenters. The number of hydrogen-bond acceptors (Lipinski definition) is 5. The van der Waals surface area contributed by atoms with E-state index in [9.17, 15) is 0 Å². The van der Waals surface area contributed by atoms with Gasteiger partial charge in [0.15, 0.2) is 5.82 Å². The van der Waals surface area contributed by atoms with Gasteiger partial charge in [0.25, 0.3) is 0 Å². The van der Waals surface area contributed by atoms with Crippen molar-refractivity contribution < 1.29 is 4.74 Å². The Labute approximate surface area is 90.9 Å². The van der Waals surface area contributed by atoms with Crippen LogP contribution in [-0.4, -0.2) is 31.8 Å². The highest BCUT2D eigenvalue weighted by Gasteiger charge is 2.10. The van der Waals surface area contributed by atoms with E-state index in [4.69, 9.17) is 16.3 Å². The zero-order valence-electron chi connectivity index (χ0n) is 8.18. The summed E-state index contributed by atoms with van der Waals surface area (Å²) in [5, 5.41) is 4.11. The number of nitrogens with zero attached hydrogens (tertiary/aromatic N) is 5. The Morgan fingerprint density at radius 2 is 2.13 bits per heavy atom. The molecule has 0 amide bonds. The third kappa shape index (κ3) is 1.89. The molecule has 0 saturated heterocycles. The van der Waals surface area contributed by atoms with E-state index in [-0.39, 0.29) is 11.3 Å². The van der Waals surface area contributed by atoms with Gasteiger partial charge < -0.3 is 4.74 Å². The van der Waals surface area contributed by atoms with Crippen molar-refractivity contribution in [1.29, 1.82) is 0 Å². The molecule has 15 heavy (non-hydrogen) atoms. The second-order valence-electron chi connectivity index (χ2n) is 2.75. The minimum absolute atomic E-state index is 0.0954. The first-order valence-corrected chi connectivity index (χ1v) is 4.52. The molecule has 0 aliphatic heterocycles. The molecule has 0 spiro atoms. The van der Waals surface area contributed by atoms with E-state index < -0.39 is 0 Å². The van der Waals surface area contributed by atoms with Crippen LogP contribution in [-0.2, 0) is 7.05 Å². The minimum atomic E-state index is 0.0954. The maximum absolute atomic E-state index is 5.73. The minimum Gasteiger partial charge on any atom is -0.467 e. The fraction of sp³-hybridized carbons (Fsp3) is 0.250. The molecule has 0 saturated carbocycles. The third-order valence-electron chi connectivity index (χ3n) is 1.82. The van der Waals surface area contributed by atoms with Gasteiger partial charge in [-0.25, -0.2) is 0 Å². The smallest absolute Gasteiger partial charge is 0.321 e. The SMILES string of the molecule is COc1nc(Cl)nc(-c2ccnn2C)n1. The number of aryl methyl sites for hydroxylation is 1. The molecule has 6 nitrogen and oxygen atoms in total. The number of halogens is 1. The van der Waals surface area contributed by atoms with Crippen LogP contribution in [0, 0.1) is 0 Å². The first kappa shape index (κ1) is 9.85. The largest absolute Gasteiger partial charge is 0.467 e. The van der Waals surface area contributed by atoms with Gasteiger partial charge in [0, 0.05) is 13.2 Å². The predicted molar refractivity (Wildman–Crippen MR) is 53.6 cm³/mol. The lowest BCUT2D eigenvalue weighted by Crippen LogP contribution is -2.01. The summed E-state index contributed by atoms with van der Waals surface area (Å²) in [6, 6.07) is 1.97. The van der Waals surface area contributed by atoms with Gasteiger partial charge in [-0.3, -0.25) is 4.68 Å². The van der Waals surface area contributed by atoms with Crippen LogP contribution in [0.25, 0.3) is 11.5 Å². The van der Waals surface area contributed by atoms with Crippen molar-refractivity contribution in [3.05, 3.63) is 17.5 Å². The van der Waals surface area contributed by atoms with Gasteiger partial charge in [0.1, 0.15) is 5.69 Å². The second-order valence-corrected chi connectivity index (χ2v) is 3.09. The van der Waals surface area contributed by atoms with Gasteiger partial charge in [-0.05, 0) is 17.7 Å². The highest BCUT2D eigenvalue weighted by molar-refractivity contribution is 6.28. The molecule has 0 fully saturated rings. The van der Waals surface area contributed by atoms with Crippen LogP contribution >= 0.6 is 11.6 Å². The number of methoxy groups -OCH3 is 1. The van der Waals surface area contributed by atoms with E-state index >= 15 is 0 Å². The molecule has 0 N–H and O–H groups in total.